The van der Waals surface area contributed by atoms with Gasteiger partial charge < -0.3 is 9.63 Å². The van der Waals surface area contributed by atoms with E-state index in [0.717, 1.165) is 6.42 Å². The fourth-order valence-corrected chi connectivity index (χ4v) is 4.25. The van der Waals surface area contributed by atoms with Gasteiger partial charge in [-0.3, -0.25) is 9.05 Å². The van der Waals surface area contributed by atoms with Crippen LogP contribution in [0.15, 0.2) is 0 Å². The summed E-state index contributed by atoms with van der Waals surface area (Å²) >= 11 is 0. The molecule has 1 saturated heterocycles. The maximum absolute atomic E-state index is 11.8. The molecule has 5 atom stereocenters. The van der Waals surface area contributed by atoms with E-state index in [-0.39, 0.29) is 17.6 Å². The van der Waals surface area contributed by atoms with Crippen molar-refractivity contribution >= 4 is 7.82 Å². The zero-order valence-electron chi connectivity index (χ0n) is 11.7. The van der Waals surface area contributed by atoms with Gasteiger partial charge in [0.2, 0.25) is 0 Å². The number of hydrogen-bond donors (Lipinski definition) is 1. The predicted octanol–water partition coefficient (Wildman–Crippen LogP) is 2.73. The van der Waals surface area contributed by atoms with Crippen LogP contribution in [0.2, 0.25) is 0 Å². The molecule has 2 aliphatic rings. The average molecular weight is 278 g/mol. The third-order valence-corrected chi connectivity index (χ3v) is 5.66. The van der Waals surface area contributed by atoms with Crippen LogP contribution in [-0.2, 0) is 18.3 Å². The number of ether oxygens (including phenoxy) is 1. The predicted molar refractivity (Wildman–Crippen MR) is 67.2 cm³/mol. The molecule has 0 spiro atoms. The highest BCUT2D eigenvalue weighted by atomic mass is 31.2. The zero-order valence-corrected chi connectivity index (χ0v) is 12.6. The minimum Gasteiger partial charge on any atom is -0.372 e. The summed E-state index contributed by atoms with van der Waals surface area (Å²) in [6.45, 7) is 8.35. The second-order valence-corrected chi connectivity index (χ2v) is 7.75. The molecule has 2 fully saturated rings. The number of hydrogen-bond acceptors (Lipinski definition) is 4. The quantitative estimate of drug-likeness (QED) is 0.804. The minimum atomic E-state index is -3.99. The average Bonchev–Trinajstić information content (AvgIpc) is 2.61. The van der Waals surface area contributed by atoms with Crippen LogP contribution in [0.25, 0.3) is 0 Å². The lowest BCUT2D eigenvalue weighted by molar-refractivity contribution is -0.0665. The van der Waals surface area contributed by atoms with Crippen LogP contribution in [0.3, 0.4) is 0 Å². The van der Waals surface area contributed by atoms with E-state index < -0.39 is 13.4 Å². The highest BCUT2D eigenvalue weighted by Gasteiger charge is 2.64. The lowest BCUT2D eigenvalue weighted by atomic mass is 9.81. The fraction of sp³-hybridized carbons (Fsp3) is 1.00. The molecule has 6 heteroatoms. The van der Waals surface area contributed by atoms with Gasteiger partial charge in [-0.2, -0.15) is 0 Å². The van der Waals surface area contributed by atoms with Crippen LogP contribution >= 0.6 is 7.82 Å². The standard InChI is InChI=1S/C12H23O5P/c1-8-6-12(17-18(13,14)15-5)7-9(2)16-10(12)11(8,3)4/h8-10H,6-7H2,1-5H3,(H,13,14)/t8-,9?,10?,12?/m0/s1. The molecule has 1 aliphatic carbocycles. The summed E-state index contributed by atoms with van der Waals surface area (Å²) in [5.41, 5.74) is -0.763. The first-order valence-corrected chi connectivity index (χ1v) is 7.87. The maximum Gasteiger partial charge on any atom is 0.472 e. The van der Waals surface area contributed by atoms with Crippen molar-refractivity contribution in [2.75, 3.05) is 7.11 Å². The fourth-order valence-electron chi connectivity index (χ4n) is 3.47. The van der Waals surface area contributed by atoms with E-state index in [1.54, 1.807) is 0 Å². The normalized spacial score (nSPS) is 45.8. The van der Waals surface area contributed by atoms with Gasteiger partial charge in [-0.1, -0.05) is 20.8 Å². The molecule has 2 rings (SSSR count). The first-order chi connectivity index (χ1) is 8.13. The van der Waals surface area contributed by atoms with Crippen molar-refractivity contribution in [1.82, 2.24) is 0 Å². The second-order valence-electron chi connectivity index (χ2n) is 6.26. The van der Waals surface area contributed by atoms with Crippen LogP contribution in [0.1, 0.15) is 40.5 Å². The Bertz CT molecular complexity index is 383. The van der Waals surface area contributed by atoms with Gasteiger partial charge in [0.15, 0.2) is 0 Å². The lowest BCUT2D eigenvalue weighted by Gasteiger charge is -2.34. The largest absolute Gasteiger partial charge is 0.472 e. The Kier molecular flexibility index (Phi) is 3.45. The highest BCUT2D eigenvalue weighted by Crippen LogP contribution is 2.62. The summed E-state index contributed by atoms with van der Waals surface area (Å²) in [4.78, 5) is 9.62. The maximum atomic E-state index is 11.8. The Hall–Kier alpha value is 0.0700. The Morgan fingerprint density at radius 2 is 1.94 bits per heavy atom. The minimum absolute atomic E-state index is 0.0404. The van der Waals surface area contributed by atoms with Crippen LogP contribution in [0.5, 0.6) is 0 Å². The monoisotopic (exact) mass is 278 g/mol. The summed E-state index contributed by atoms with van der Waals surface area (Å²) in [6, 6.07) is 0. The van der Waals surface area contributed by atoms with E-state index in [1.165, 1.54) is 7.11 Å². The molecule has 0 amide bonds. The second kappa shape index (κ2) is 4.29. The molecular formula is C12H23O5P. The third-order valence-electron chi connectivity index (χ3n) is 4.60. The Balaban J connectivity index is 2.32. The molecule has 1 aliphatic heterocycles. The van der Waals surface area contributed by atoms with E-state index >= 15 is 0 Å². The molecule has 4 unspecified atom stereocenters. The SMILES string of the molecule is COP(=O)(O)OC12CC(C)OC1C(C)(C)[C@@H](C)C2. The molecule has 0 aromatic rings. The van der Waals surface area contributed by atoms with Crippen LogP contribution in [0.4, 0.5) is 0 Å². The Labute approximate surface area is 108 Å². The van der Waals surface area contributed by atoms with Gasteiger partial charge in [-0.25, -0.2) is 4.57 Å². The van der Waals surface area contributed by atoms with Gasteiger partial charge >= 0.3 is 7.82 Å². The number of phosphoric ester groups is 1. The van der Waals surface area contributed by atoms with Crippen LogP contribution in [-0.4, -0.2) is 29.8 Å². The highest BCUT2D eigenvalue weighted by molar-refractivity contribution is 7.47. The molecule has 18 heavy (non-hydrogen) atoms. The van der Waals surface area contributed by atoms with Crippen molar-refractivity contribution in [3.63, 3.8) is 0 Å². The number of fused-ring (bicyclic) bond motifs is 1. The smallest absolute Gasteiger partial charge is 0.372 e. The van der Waals surface area contributed by atoms with Crippen LogP contribution < -0.4 is 0 Å². The van der Waals surface area contributed by atoms with E-state index in [9.17, 15) is 9.46 Å². The molecule has 5 nitrogen and oxygen atoms in total. The van der Waals surface area contributed by atoms with E-state index in [2.05, 4.69) is 25.3 Å². The van der Waals surface area contributed by atoms with Gasteiger partial charge in [0.25, 0.3) is 0 Å². The van der Waals surface area contributed by atoms with Crippen LogP contribution in [0, 0.1) is 11.3 Å². The molecule has 106 valence electrons. The summed E-state index contributed by atoms with van der Waals surface area (Å²) in [6.07, 6.45) is 1.24. The van der Waals surface area contributed by atoms with Crippen molar-refractivity contribution < 1.29 is 23.2 Å². The summed E-state index contributed by atoms with van der Waals surface area (Å²) in [5, 5.41) is 0. The van der Waals surface area contributed by atoms with Gasteiger partial charge in [-0.15, -0.1) is 0 Å². The zero-order chi connectivity index (χ0) is 13.8. The van der Waals surface area contributed by atoms with Crippen molar-refractivity contribution in [2.45, 2.75) is 58.3 Å². The Morgan fingerprint density at radius 3 is 2.50 bits per heavy atom. The van der Waals surface area contributed by atoms with E-state index in [1.807, 2.05) is 6.92 Å². The van der Waals surface area contributed by atoms with Gasteiger partial charge in [-0.05, 0) is 24.7 Å². The third kappa shape index (κ3) is 2.16. The molecule has 0 radical (unpaired) electrons. The van der Waals surface area contributed by atoms with Crippen molar-refractivity contribution in [1.29, 1.82) is 0 Å². The molecule has 0 bridgehead atoms. The van der Waals surface area contributed by atoms with Crippen molar-refractivity contribution in [3.05, 3.63) is 0 Å². The molecule has 0 aromatic carbocycles. The van der Waals surface area contributed by atoms with Crippen molar-refractivity contribution in [2.24, 2.45) is 11.3 Å². The van der Waals surface area contributed by atoms with Gasteiger partial charge in [0.1, 0.15) is 5.60 Å². The van der Waals surface area contributed by atoms with E-state index in [0.29, 0.717) is 12.3 Å². The van der Waals surface area contributed by atoms with E-state index in [4.69, 9.17) is 9.26 Å². The summed E-state index contributed by atoms with van der Waals surface area (Å²) < 4.78 is 27.8. The molecular weight excluding hydrogens is 255 g/mol. The summed E-state index contributed by atoms with van der Waals surface area (Å²) in [5.74, 6) is 0.367. The number of rotatable bonds is 3. The Morgan fingerprint density at radius 1 is 1.33 bits per heavy atom. The molecule has 1 saturated carbocycles. The molecule has 1 heterocycles. The molecule has 0 aromatic heterocycles. The van der Waals surface area contributed by atoms with Gasteiger partial charge in [0.05, 0.1) is 12.2 Å². The lowest BCUT2D eigenvalue weighted by Crippen LogP contribution is -2.41. The topological polar surface area (TPSA) is 65.0 Å². The molecule has 1 N–H and O–H groups in total. The van der Waals surface area contributed by atoms with Gasteiger partial charge in [0, 0.05) is 13.5 Å². The number of phosphoric acid groups is 1. The summed E-state index contributed by atoms with van der Waals surface area (Å²) in [7, 11) is -2.80. The first-order valence-electron chi connectivity index (χ1n) is 6.38. The van der Waals surface area contributed by atoms with Crippen molar-refractivity contribution in [3.8, 4) is 0 Å². The first kappa shape index (κ1) is 14.5.